The Morgan fingerprint density at radius 1 is 0.912 bits per heavy atom. The molecule has 7 rings (SSSR count). The first-order valence-corrected chi connectivity index (χ1v) is 22.6. The number of aryl methyl sites for hydroxylation is 1. The molecule has 0 N–H and O–H groups in total. The lowest BCUT2D eigenvalue weighted by Crippen LogP contribution is -2.60. The van der Waals surface area contributed by atoms with Gasteiger partial charge in [0.05, 0.1) is 41.5 Å². The normalized spacial score (nSPS) is 42.6. The van der Waals surface area contributed by atoms with Gasteiger partial charge in [-0.1, -0.05) is 19.9 Å². The van der Waals surface area contributed by atoms with E-state index in [2.05, 4.69) is 45.8 Å². The molecule has 13 heteroatoms. The van der Waals surface area contributed by atoms with E-state index in [0.717, 1.165) is 61.2 Å². The average molecular weight is 817 g/mol. The number of carbonyl (C=O) groups is 2. The molecule has 0 bridgehead atoms. The molecule has 320 valence electrons. The van der Waals surface area contributed by atoms with Crippen molar-refractivity contribution in [3.8, 4) is 0 Å². The van der Waals surface area contributed by atoms with Gasteiger partial charge in [-0.15, -0.1) is 11.3 Å². The molecule has 4 fully saturated rings. The summed E-state index contributed by atoms with van der Waals surface area (Å²) >= 11 is 1.75. The highest BCUT2D eigenvalue weighted by molar-refractivity contribution is 7.11. The zero-order chi connectivity index (χ0) is 40.7. The summed E-state index contributed by atoms with van der Waals surface area (Å²) < 4.78 is 50.7. The molecule has 17 atom stereocenters. The van der Waals surface area contributed by atoms with Gasteiger partial charge in [-0.3, -0.25) is 9.59 Å². The standard InChI is InChI=1S/C44H68N2O10S/c1-11-26-14-13-15-34(56-36-17-16-33(46(7)8)23(4)52-36)22(3)39(48)31-20-29-28-18-27(55-44-42(50-10)41(51-12-2)40(49-9)24(5)53-44)19-32(28)43-38(45-25(6)57-43)37(29)30(31)21-35(47)54-26/h20,22-24,26-30,32-34,36-37,40-42,44H,11-19,21H2,1-10H3/t22-,23?,24?,26+,27+,28+,29+,30-,32-,33+,34+,36+,37-,40+,41?,42?,44+/m1/s1. The average Bonchev–Trinajstić information content (AvgIpc) is 3.88. The number of esters is 1. The maximum atomic E-state index is 15.0. The summed E-state index contributed by atoms with van der Waals surface area (Å²) in [5, 5.41) is 0.999. The van der Waals surface area contributed by atoms with Gasteiger partial charge in [-0.05, 0) is 111 Å². The van der Waals surface area contributed by atoms with Gasteiger partial charge in [0.1, 0.15) is 24.4 Å². The number of aromatic nitrogens is 1. The maximum absolute atomic E-state index is 15.0. The third kappa shape index (κ3) is 8.71. The minimum absolute atomic E-state index is 0.0229. The van der Waals surface area contributed by atoms with Crippen LogP contribution in [0.25, 0.3) is 0 Å². The van der Waals surface area contributed by atoms with Gasteiger partial charge in [0.2, 0.25) is 0 Å². The smallest absolute Gasteiger partial charge is 0.306 e. The molecule has 3 saturated heterocycles. The van der Waals surface area contributed by atoms with Crippen LogP contribution < -0.4 is 0 Å². The highest BCUT2D eigenvalue weighted by Gasteiger charge is 2.57. The van der Waals surface area contributed by atoms with Gasteiger partial charge in [0.25, 0.3) is 0 Å². The molecule has 1 aromatic rings. The lowest BCUT2D eigenvalue weighted by atomic mass is 9.67. The number of allylic oxidation sites excluding steroid dienone is 2. The molecule has 0 aromatic carbocycles. The lowest BCUT2D eigenvalue weighted by Gasteiger charge is -2.44. The highest BCUT2D eigenvalue weighted by Crippen LogP contribution is 2.62. The first kappa shape index (κ1) is 43.3. The van der Waals surface area contributed by atoms with E-state index >= 15 is 0 Å². The molecule has 1 saturated carbocycles. The van der Waals surface area contributed by atoms with E-state index < -0.39 is 18.3 Å². The second kappa shape index (κ2) is 18.4. The molecule has 0 amide bonds. The number of rotatable bonds is 10. The number of hydrogen-bond donors (Lipinski definition) is 0. The van der Waals surface area contributed by atoms with Crippen molar-refractivity contribution in [2.75, 3.05) is 34.9 Å². The monoisotopic (exact) mass is 816 g/mol. The van der Waals surface area contributed by atoms with Crippen LogP contribution in [0.5, 0.6) is 0 Å². The third-order valence-electron chi connectivity index (χ3n) is 14.1. The van der Waals surface area contributed by atoms with Crippen LogP contribution in [0.2, 0.25) is 0 Å². The Morgan fingerprint density at radius 2 is 1.68 bits per heavy atom. The minimum Gasteiger partial charge on any atom is -0.462 e. The number of nitrogens with zero attached hydrogens (tertiary/aromatic N) is 2. The Morgan fingerprint density at radius 3 is 2.37 bits per heavy atom. The summed E-state index contributed by atoms with van der Waals surface area (Å²) in [4.78, 5) is 37.5. The summed E-state index contributed by atoms with van der Waals surface area (Å²) in [6, 6.07) is 0.326. The van der Waals surface area contributed by atoms with Crippen LogP contribution >= 0.6 is 11.3 Å². The molecular formula is C44H68N2O10S. The number of likely N-dealkylation sites (N-methyl/N-ethyl adjacent to an activating group) is 1. The van der Waals surface area contributed by atoms with Crippen molar-refractivity contribution in [1.29, 1.82) is 0 Å². The largest absolute Gasteiger partial charge is 0.462 e. The number of methoxy groups -OCH3 is 2. The molecule has 0 radical (unpaired) electrons. The van der Waals surface area contributed by atoms with E-state index in [1.54, 1.807) is 25.6 Å². The van der Waals surface area contributed by atoms with Crippen molar-refractivity contribution in [2.45, 2.75) is 179 Å². The zero-order valence-electron chi connectivity index (χ0n) is 35.8. The minimum atomic E-state index is -0.626. The van der Waals surface area contributed by atoms with Gasteiger partial charge in [0, 0.05) is 55.4 Å². The molecule has 4 unspecified atom stereocenters. The predicted octanol–water partition coefficient (Wildman–Crippen LogP) is 6.72. The van der Waals surface area contributed by atoms with Crippen molar-refractivity contribution in [3.63, 3.8) is 0 Å². The summed E-state index contributed by atoms with van der Waals surface area (Å²) in [5.74, 6) is -0.565. The summed E-state index contributed by atoms with van der Waals surface area (Å²) in [7, 11) is 7.52. The number of thiazole rings is 1. The number of hydrogen-bond acceptors (Lipinski definition) is 13. The summed E-state index contributed by atoms with van der Waals surface area (Å²) in [5.41, 5.74) is 1.77. The molecule has 1 aromatic heterocycles. The van der Waals surface area contributed by atoms with Crippen LogP contribution in [0.4, 0.5) is 0 Å². The first-order chi connectivity index (χ1) is 27.4. The molecule has 0 spiro atoms. The van der Waals surface area contributed by atoms with Crippen LogP contribution in [0.1, 0.15) is 120 Å². The molecule has 3 aliphatic heterocycles. The van der Waals surface area contributed by atoms with Crippen LogP contribution in [-0.4, -0.2) is 124 Å². The van der Waals surface area contributed by atoms with Crippen molar-refractivity contribution in [3.05, 3.63) is 27.2 Å². The number of cyclic esters (lactones) is 1. The highest BCUT2D eigenvalue weighted by atomic mass is 32.1. The van der Waals surface area contributed by atoms with Gasteiger partial charge < -0.3 is 42.8 Å². The van der Waals surface area contributed by atoms with Crippen molar-refractivity contribution in [1.82, 2.24) is 9.88 Å². The number of fused-ring (bicyclic) bond motifs is 8. The van der Waals surface area contributed by atoms with Crippen LogP contribution in [0.15, 0.2) is 11.6 Å². The molecule has 6 aliphatic rings. The van der Waals surface area contributed by atoms with Gasteiger partial charge in [0.15, 0.2) is 18.4 Å². The Bertz CT molecular complexity index is 1590. The Balaban J connectivity index is 1.17. The Labute approximate surface area is 344 Å². The molecule has 57 heavy (non-hydrogen) atoms. The fraction of sp³-hybridized carbons (Fsp3) is 0.841. The van der Waals surface area contributed by atoms with Crippen molar-refractivity contribution in [2.24, 2.45) is 23.7 Å². The van der Waals surface area contributed by atoms with E-state index in [4.69, 9.17) is 42.9 Å². The SMILES string of the molecule is CCOC1C(OC)[C@H](O[C@H]2C[C@H]3[C@@H]4C=C5C(=O)[C@H](C)[C@@H](O[C@H]6CC[C@H](N(C)C)C(C)O6)CCC[C@H](CC)OC(=O)C[C@H]5[C@@H]4c4nc(C)sc4[C@@H]3C2)OC(C)[C@@H]1OC. The summed E-state index contributed by atoms with van der Waals surface area (Å²) in [6.07, 6.45) is 5.78. The van der Waals surface area contributed by atoms with Gasteiger partial charge in [-0.2, -0.15) is 0 Å². The second-order valence-electron chi connectivity index (χ2n) is 17.7. The second-order valence-corrected chi connectivity index (χ2v) is 18.9. The lowest BCUT2D eigenvalue weighted by molar-refractivity contribution is -0.316. The van der Waals surface area contributed by atoms with E-state index in [1.165, 1.54) is 4.88 Å². The van der Waals surface area contributed by atoms with Crippen LogP contribution in [-0.2, 0) is 47.5 Å². The van der Waals surface area contributed by atoms with Gasteiger partial charge >= 0.3 is 5.97 Å². The quantitative estimate of drug-likeness (QED) is 0.233. The Kier molecular flexibility index (Phi) is 14.0. The Hall–Kier alpha value is -1.81. The van der Waals surface area contributed by atoms with Gasteiger partial charge in [-0.25, -0.2) is 4.98 Å². The van der Waals surface area contributed by atoms with E-state index in [-0.39, 0.29) is 96.8 Å². The van der Waals surface area contributed by atoms with E-state index in [1.807, 2.05) is 20.8 Å². The van der Waals surface area contributed by atoms with E-state index in [9.17, 15) is 9.59 Å². The van der Waals surface area contributed by atoms with E-state index in [0.29, 0.717) is 19.1 Å². The van der Waals surface area contributed by atoms with Crippen LogP contribution in [0.3, 0.4) is 0 Å². The molecular weight excluding hydrogens is 749 g/mol. The molecule has 3 aliphatic carbocycles. The molecule has 4 heterocycles. The number of ketones is 1. The topological polar surface area (TPSA) is 124 Å². The van der Waals surface area contributed by atoms with Crippen molar-refractivity contribution < 1.29 is 47.5 Å². The zero-order valence-corrected chi connectivity index (χ0v) is 36.7. The fourth-order valence-corrected chi connectivity index (χ4v) is 12.5. The fourth-order valence-electron chi connectivity index (χ4n) is 11.3. The number of ether oxygens (including phenoxy) is 8. The third-order valence-corrected chi connectivity index (χ3v) is 15.2. The number of Topliss-reactive ketones (excluding diaryl/α,β-unsaturated/α-hetero) is 1. The molecule has 12 nitrogen and oxygen atoms in total. The summed E-state index contributed by atoms with van der Waals surface area (Å²) in [6.45, 7) is 12.7. The first-order valence-electron chi connectivity index (χ1n) is 21.7. The van der Waals surface area contributed by atoms with Crippen molar-refractivity contribution >= 4 is 23.1 Å². The number of carbonyl (C=O) groups excluding carboxylic acids is 2. The van der Waals surface area contributed by atoms with Crippen LogP contribution in [0, 0.1) is 30.6 Å². The maximum Gasteiger partial charge on any atom is 0.306 e. The predicted molar refractivity (Wildman–Crippen MR) is 215 cm³/mol.